The largest absolute Gasteiger partial charge is 0.481 e. The van der Waals surface area contributed by atoms with E-state index < -0.39 is 6.10 Å². The van der Waals surface area contributed by atoms with E-state index in [0.29, 0.717) is 5.75 Å². The highest BCUT2D eigenvalue weighted by molar-refractivity contribution is 6.32. The van der Waals surface area contributed by atoms with Crippen molar-refractivity contribution in [3.63, 3.8) is 0 Å². The molecule has 2 aromatic rings. The van der Waals surface area contributed by atoms with Crippen LogP contribution in [0.1, 0.15) is 18.1 Å². The van der Waals surface area contributed by atoms with Crippen molar-refractivity contribution >= 4 is 23.2 Å². The highest BCUT2D eigenvalue weighted by Crippen LogP contribution is 2.26. The van der Waals surface area contributed by atoms with Gasteiger partial charge >= 0.3 is 0 Å². The predicted octanol–water partition coefficient (Wildman–Crippen LogP) is 4.36. The molecule has 21 heavy (non-hydrogen) atoms. The minimum absolute atomic E-state index is 0.188. The normalized spacial score (nSPS) is 11.8. The number of anilines is 1. The molecule has 1 atom stereocenters. The maximum absolute atomic E-state index is 12.1. The monoisotopic (exact) mass is 303 g/mol. The van der Waals surface area contributed by atoms with Gasteiger partial charge in [-0.15, -0.1) is 0 Å². The first kappa shape index (κ1) is 15.4. The van der Waals surface area contributed by atoms with Crippen LogP contribution in [0.3, 0.4) is 0 Å². The van der Waals surface area contributed by atoms with E-state index in [2.05, 4.69) is 5.32 Å². The zero-order chi connectivity index (χ0) is 15.4. The van der Waals surface area contributed by atoms with Gasteiger partial charge in [0.05, 0.1) is 0 Å². The Morgan fingerprint density at radius 2 is 1.71 bits per heavy atom. The molecule has 0 aliphatic heterocycles. The molecular weight excluding hydrogens is 286 g/mol. The van der Waals surface area contributed by atoms with Crippen LogP contribution < -0.4 is 10.1 Å². The third kappa shape index (κ3) is 3.99. The summed E-state index contributed by atoms with van der Waals surface area (Å²) in [4.78, 5) is 12.1. The summed E-state index contributed by atoms with van der Waals surface area (Å²) in [5.41, 5.74) is 2.62. The second kappa shape index (κ2) is 6.64. The molecule has 1 N–H and O–H groups in total. The van der Waals surface area contributed by atoms with Gasteiger partial charge in [-0.05, 0) is 56.2 Å². The van der Waals surface area contributed by atoms with Crippen molar-refractivity contribution < 1.29 is 9.53 Å². The van der Waals surface area contributed by atoms with Gasteiger partial charge in [-0.3, -0.25) is 4.79 Å². The topological polar surface area (TPSA) is 38.3 Å². The van der Waals surface area contributed by atoms with Crippen LogP contribution in [0.15, 0.2) is 42.5 Å². The van der Waals surface area contributed by atoms with Crippen LogP contribution in [-0.4, -0.2) is 12.0 Å². The number of nitrogens with one attached hydrogen (secondary N) is 1. The number of ether oxygens (including phenoxy) is 1. The van der Waals surface area contributed by atoms with Gasteiger partial charge in [-0.1, -0.05) is 29.8 Å². The van der Waals surface area contributed by atoms with Crippen LogP contribution in [0.2, 0.25) is 5.02 Å². The summed E-state index contributed by atoms with van der Waals surface area (Å²) in [6.07, 6.45) is -0.592. The molecule has 0 radical (unpaired) electrons. The zero-order valence-electron chi connectivity index (χ0n) is 12.3. The zero-order valence-corrected chi connectivity index (χ0v) is 13.1. The fourth-order valence-electron chi connectivity index (χ4n) is 2.00. The van der Waals surface area contributed by atoms with Crippen molar-refractivity contribution in [2.75, 3.05) is 5.32 Å². The Kier molecular flexibility index (Phi) is 4.86. The summed E-state index contributed by atoms with van der Waals surface area (Å²) in [6.45, 7) is 5.55. The summed E-state index contributed by atoms with van der Waals surface area (Å²) in [6, 6.07) is 13.0. The van der Waals surface area contributed by atoms with E-state index in [1.807, 2.05) is 56.3 Å². The number of carbonyl (C=O) groups excluding carboxylic acids is 1. The van der Waals surface area contributed by atoms with Gasteiger partial charge in [0.1, 0.15) is 5.75 Å². The standard InChI is InChI=1S/C17H18ClNO2/c1-11-9-15(10-12(2)16(11)18)21-13(3)17(20)19-14-7-5-4-6-8-14/h4-10,13H,1-3H3,(H,19,20)/t13-/m1/s1. The minimum atomic E-state index is -0.592. The molecule has 0 aromatic heterocycles. The quantitative estimate of drug-likeness (QED) is 0.911. The Morgan fingerprint density at radius 3 is 2.29 bits per heavy atom. The molecule has 0 saturated heterocycles. The maximum Gasteiger partial charge on any atom is 0.265 e. The lowest BCUT2D eigenvalue weighted by atomic mass is 10.1. The van der Waals surface area contributed by atoms with Gasteiger partial charge in [-0.2, -0.15) is 0 Å². The molecule has 3 nitrogen and oxygen atoms in total. The summed E-state index contributed by atoms with van der Waals surface area (Å²) in [7, 11) is 0. The number of aryl methyl sites for hydroxylation is 2. The van der Waals surface area contributed by atoms with Crippen molar-refractivity contribution in [1.29, 1.82) is 0 Å². The second-order valence-electron chi connectivity index (χ2n) is 4.99. The van der Waals surface area contributed by atoms with E-state index in [1.54, 1.807) is 6.92 Å². The Morgan fingerprint density at radius 1 is 1.14 bits per heavy atom. The molecule has 0 heterocycles. The Bertz CT molecular complexity index is 617. The first-order valence-electron chi connectivity index (χ1n) is 6.76. The van der Waals surface area contributed by atoms with Gasteiger partial charge in [0.15, 0.2) is 6.10 Å². The molecule has 0 unspecified atom stereocenters. The molecule has 2 rings (SSSR count). The van der Waals surface area contributed by atoms with Gasteiger partial charge in [0, 0.05) is 10.7 Å². The van der Waals surface area contributed by atoms with Crippen LogP contribution in [0.25, 0.3) is 0 Å². The van der Waals surface area contributed by atoms with Crippen molar-refractivity contribution in [2.24, 2.45) is 0 Å². The predicted molar refractivity (Wildman–Crippen MR) is 86.1 cm³/mol. The molecule has 0 aliphatic carbocycles. The lowest BCUT2D eigenvalue weighted by Gasteiger charge is -2.16. The molecule has 2 aromatic carbocycles. The molecule has 0 bridgehead atoms. The van der Waals surface area contributed by atoms with Crippen LogP contribution >= 0.6 is 11.6 Å². The number of halogens is 1. The molecule has 4 heteroatoms. The van der Waals surface area contributed by atoms with Crippen molar-refractivity contribution in [3.05, 3.63) is 58.6 Å². The lowest BCUT2D eigenvalue weighted by Crippen LogP contribution is -2.30. The smallest absolute Gasteiger partial charge is 0.265 e. The SMILES string of the molecule is Cc1cc(O[C@H](C)C(=O)Nc2ccccc2)cc(C)c1Cl. The van der Waals surface area contributed by atoms with E-state index >= 15 is 0 Å². The Labute approximate surface area is 129 Å². The van der Waals surface area contributed by atoms with Crippen molar-refractivity contribution in [2.45, 2.75) is 26.9 Å². The first-order chi connectivity index (χ1) is 9.97. The third-order valence-corrected chi connectivity index (χ3v) is 3.73. The van der Waals surface area contributed by atoms with Crippen LogP contribution in [0.5, 0.6) is 5.75 Å². The maximum atomic E-state index is 12.1. The number of benzene rings is 2. The number of hydrogen-bond donors (Lipinski definition) is 1. The molecule has 0 spiro atoms. The molecule has 1 amide bonds. The van der Waals surface area contributed by atoms with E-state index in [9.17, 15) is 4.79 Å². The Balaban J connectivity index is 2.04. The van der Waals surface area contributed by atoms with E-state index in [1.165, 1.54) is 0 Å². The highest BCUT2D eigenvalue weighted by Gasteiger charge is 2.15. The summed E-state index contributed by atoms with van der Waals surface area (Å²) in [5.74, 6) is 0.455. The van der Waals surface area contributed by atoms with Gasteiger partial charge in [0.2, 0.25) is 0 Å². The number of carbonyl (C=O) groups is 1. The van der Waals surface area contributed by atoms with Crippen molar-refractivity contribution in [1.82, 2.24) is 0 Å². The molecule has 0 aliphatic rings. The number of rotatable bonds is 4. The van der Waals surface area contributed by atoms with Crippen LogP contribution in [0.4, 0.5) is 5.69 Å². The van der Waals surface area contributed by atoms with Gasteiger partial charge in [0.25, 0.3) is 5.91 Å². The van der Waals surface area contributed by atoms with E-state index in [4.69, 9.17) is 16.3 Å². The van der Waals surface area contributed by atoms with Crippen LogP contribution in [-0.2, 0) is 4.79 Å². The third-order valence-electron chi connectivity index (χ3n) is 3.13. The number of hydrogen-bond acceptors (Lipinski definition) is 2. The molecule has 0 fully saturated rings. The fourth-order valence-corrected chi connectivity index (χ4v) is 2.11. The van der Waals surface area contributed by atoms with Crippen molar-refractivity contribution in [3.8, 4) is 5.75 Å². The number of amides is 1. The van der Waals surface area contributed by atoms with E-state index in [0.717, 1.165) is 21.8 Å². The van der Waals surface area contributed by atoms with E-state index in [-0.39, 0.29) is 5.91 Å². The average molecular weight is 304 g/mol. The second-order valence-corrected chi connectivity index (χ2v) is 5.36. The minimum Gasteiger partial charge on any atom is -0.481 e. The molecule has 0 saturated carbocycles. The van der Waals surface area contributed by atoms with Gasteiger partial charge in [-0.25, -0.2) is 0 Å². The summed E-state index contributed by atoms with van der Waals surface area (Å²) >= 11 is 6.12. The summed E-state index contributed by atoms with van der Waals surface area (Å²) < 4.78 is 5.69. The number of para-hydroxylation sites is 1. The first-order valence-corrected chi connectivity index (χ1v) is 7.14. The average Bonchev–Trinajstić information content (AvgIpc) is 2.45. The molecular formula is C17H18ClNO2. The summed E-state index contributed by atoms with van der Waals surface area (Å²) in [5, 5.41) is 3.54. The van der Waals surface area contributed by atoms with Gasteiger partial charge < -0.3 is 10.1 Å². The fraction of sp³-hybridized carbons (Fsp3) is 0.235. The highest BCUT2D eigenvalue weighted by atomic mass is 35.5. The molecule has 110 valence electrons. The van der Waals surface area contributed by atoms with Crippen LogP contribution in [0, 0.1) is 13.8 Å². The lowest BCUT2D eigenvalue weighted by molar-refractivity contribution is -0.122. The Hall–Kier alpha value is -2.00.